The molecule has 1 saturated heterocycles. The van der Waals surface area contributed by atoms with Crippen LogP contribution in [0.15, 0.2) is 53.6 Å². The molecule has 1 fully saturated rings. The first-order valence-corrected chi connectivity index (χ1v) is 8.50. The third-order valence-corrected chi connectivity index (χ3v) is 5.02. The number of benzene rings is 1. The third-order valence-electron chi connectivity index (χ3n) is 5.02. The van der Waals surface area contributed by atoms with E-state index in [1.807, 2.05) is 23.1 Å². The van der Waals surface area contributed by atoms with Crippen molar-refractivity contribution in [2.24, 2.45) is 7.05 Å². The molecule has 2 amide bonds. The van der Waals surface area contributed by atoms with Crippen LogP contribution in [-0.2, 0) is 7.05 Å². The van der Waals surface area contributed by atoms with Crippen molar-refractivity contribution in [3.8, 4) is 0 Å². The van der Waals surface area contributed by atoms with Gasteiger partial charge in [0.05, 0.1) is 6.04 Å². The summed E-state index contributed by atoms with van der Waals surface area (Å²) in [5.74, 6) is 0.0761. The van der Waals surface area contributed by atoms with Gasteiger partial charge < -0.3 is 9.47 Å². The van der Waals surface area contributed by atoms with Crippen LogP contribution in [-0.4, -0.2) is 32.6 Å². The fraction of sp³-hybridized carbons (Fsp3) is 0.316. The van der Waals surface area contributed by atoms with Crippen LogP contribution in [0.4, 0.5) is 10.6 Å². The maximum Gasteiger partial charge on any atom is 0.323 e. The molecule has 6 nitrogen and oxygen atoms in total. The molecule has 0 saturated carbocycles. The summed E-state index contributed by atoms with van der Waals surface area (Å²) < 4.78 is 1.40. The van der Waals surface area contributed by atoms with Gasteiger partial charge in [-0.05, 0) is 30.4 Å². The molecule has 2 atom stereocenters. The molecule has 1 N–H and O–H groups in total. The lowest BCUT2D eigenvalue weighted by atomic mass is 9.95. The van der Waals surface area contributed by atoms with Crippen molar-refractivity contribution < 1.29 is 4.79 Å². The average molecular weight is 336 g/mol. The first kappa shape index (κ1) is 15.6. The van der Waals surface area contributed by atoms with E-state index in [1.165, 1.54) is 21.9 Å². The van der Waals surface area contributed by atoms with Crippen molar-refractivity contribution in [3.05, 3.63) is 64.7 Å². The molecular weight excluding hydrogens is 316 g/mol. The molecule has 1 aromatic carbocycles. The Hall–Kier alpha value is -2.89. The lowest BCUT2D eigenvalue weighted by molar-refractivity contribution is 0.193. The second-order valence-corrected chi connectivity index (χ2v) is 6.59. The van der Waals surface area contributed by atoms with Gasteiger partial charge in [0, 0.05) is 25.5 Å². The van der Waals surface area contributed by atoms with E-state index in [-0.39, 0.29) is 29.5 Å². The number of rotatable bonds is 2. The molecule has 0 spiro atoms. The van der Waals surface area contributed by atoms with E-state index in [9.17, 15) is 9.59 Å². The predicted octanol–water partition coefficient (Wildman–Crippen LogP) is 2.63. The van der Waals surface area contributed by atoms with Gasteiger partial charge >= 0.3 is 6.03 Å². The quantitative estimate of drug-likeness (QED) is 0.917. The molecule has 0 unspecified atom stereocenters. The predicted molar refractivity (Wildman–Crippen MR) is 96.2 cm³/mol. The van der Waals surface area contributed by atoms with Crippen LogP contribution in [0.1, 0.15) is 24.8 Å². The molecule has 2 aromatic rings. The van der Waals surface area contributed by atoms with Crippen LogP contribution in [0.3, 0.4) is 0 Å². The van der Waals surface area contributed by atoms with Crippen molar-refractivity contribution in [1.29, 1.82) is 0 Å². The summed E-state index contributed by atoms with van der Waals surface area (Å²) in [6.07, 6.45) is 8.04. The number of hydrogen-bond donors (Lipinski definition) is 1. The number of hydrogen-bond acceptors (Lipinski definition) is 3. The molecule has 2 aliphatic rings. The van der Waals surface area contributed by atoms with Crippen molar-refractivity contribution >= 4 is 17.4 Å². The van der Waals surface area contributed by atoms with Crippen molar-refractivity contribution in [3.63, 3.8) is 0 Å². The second kappa shape index (κ2) is 6.20. The summed E-state index contributed by atoms with van der Waals surface area (Å²) in [6.45, 7) is 0. The highest BCUT2D eigenvalue weighted by atomic mass is 16.2. The fourth-order valence-corrected chi connectivity index (χ4v) is 3.76. The minimum absolute atomic E-state index is 0.0709. The Morgan fingerprint density at radius 3 is 2.80 bits per heavy atom. The normalized spacial score (nSPS) is 21.8. The third kappa shape index (κ3) is 2.84. The highest BCUT2D eigenvalue weighted by molar-refractivity contribution is 5.90. The van der Waals surface area contributed by atoms with Crippen LogP contribution < -0.4 is 10.9 Å². The molecule has 6 heteroatoms. The number of carbonyl (C=O) groups excluding carboxylic acids is 1. The van der Waals surface area contributed by atoms with Gasteiger partial charge in [0.2, 0.25) is 5.82 Å². The van der Waals surface area contributed by atoms with E-state index in [0.29, 0.717) is 0 Å². The van der Waals surface area contributed by atoms with Crippen LogP contribution in [0.25, 0.3) is 5.57 Å². The Morgan fingerprint density at radius 2 is 2.04 bits per heavy atom. The van der Waals surface area contributed by atoms with Crippen molar-refractivity contribution in [1.82, 2.24) is 14.5 Å². The number of aromatic nitrogens is 2. The zero-order valence-corrected chi connectivity index (χ0v) is 14.1. The summed E-state index contributed by atoms with van der Waals surface area (Å²) in [5.41, 5.74) is 2.21. The number of urea groups is 1. The monoisotopic (exact) mass is 336 g/mol. The Balaban J connectivity index is 1.56. The summed E-state index contributed by atoms with van der Waals surface area (Å²) in [5, 5.41) is 2.69. The second-order valence-electron chi connectivity index (χ2n) is 6.59. The van der Waals surface area contributed by atoms with Gasteiger partial charge in [-0.25, -0.2) is 9.78 Å². The summed E-state index contributed by atoms with van der Waals surface area (Å²) in [7, 11) is 1.64. The smallest absolute Gasteiger partial charge is 0.315 e. The van der Waals surface area contributed by atoms with Crippen molar-refractivity contribution in [2.45, 2.75) is 31.3 Å². The molecular formula is C19H20N4O2. The highest BCUT2D eigenvalue weighted by Crippen LogP contribution is 2.38. The van der Waals surface area contributed by atoms with Crippen LogP contribution in [0.5, 0.6) is 0 Å². The summed E-state index contributed by atoms with van der Waals surface area (Å²) in [4.78, 5) is 30.7. The molecule has 2 aliphatic heterocycles. The van der Waals surface area contributed by atoms with Gasteiger partial charge in [-0.15, -0.1) is 0 Å². The molecule has 128 valence electrons. The topological polar surface area (TPSA) is 67.2 Å². The number of amides is 2. The van der Waals surface area contributed by atoms with Crippen LogP contribution >= 0.6 is 0 Å². The van der Waals surface area contributed by atoms with E-state index in [2.05, 4.69) is 28.5 Å². The number of carbonyl (C=O) groups is 1. The van der Waals surface area contributed by atoms with Gasteiger partial charge in [0.1, 0.15) is 0 Å². The molecule has 4 rings (SSSR count). The fourth-order valence-electron chi connectivity index (χ4n) is 3.76. The lowest BCUT2D eigenvalue weighted by Gasteiger charge is -2.34. The largest absolute Gasteiger partial charge is 0.323 e. The number of aryl methyl sites for hydroxylation is 1. The van der Waals surface area contributed by atoms with Gasteiger partial charge in [-0.3, -0.25) is 10.1 Å². The highest BCUT2D eigenvalue weighted by Gasteiger charge is 2.40. The SMILES string of the molecule is Cn1ccnc(NC(=O)N2[C@@H]3CC[C@@H]2C=C(c2ccccc2)C3)c1=O. The zero-order valence-electron chi connectivity index (χ0n) is 14.1. The van der Waals surface area contributed by atoms with E-state index < -0.39 is 0 Å². The number of fused-ring (bicyclic) bond motifs is 2. The average Bonchev–Trinajstić information content (AvgIpc) is 2.90. The maximum absolute atomic E-state index is 12.7. The summed E-state index contributed by atoms with van der Waals surface area (Å²) >= 11 is 0. The van der Waals surface area contributed by atoms with Crippen LogP contribution in [0.2, 0.25) is 0 Å². The molecule has 25 heavy (non-hydrogen) atoms. The van der Waals surface area contributed by atoms with E-state index in [1.54, 1.807) is 13.2 Å². The van der Waals surface area contributed by atoms with Crippen LogP contribution in [0, 0.1) is 0 Å². The van der Waals surface area contributed by atoms with Gasteiger partial charge in [-0.1, -0.05) is 36.4 Å². The Kier molecular flexibility index (Phi) is 3.87. The molecule has 0 radical (unpaired) electrons. The Bertz CT molecular complexity index is 888. The zero-order chi connectivity index (χ0) is 17.4. The minimum atomic E-state index is -0.305. The number of anilines is 1. The standard InChI is InChI=1S/C19H20N4O2/c1-22-10-9-20-17(18(22)24)21-19(25)23-15-7-8-16(23)12-14(11-15)13-5-3-2-4-6-13/h2-6,9-11,15-16H,7-8,12H2,1H3,(H,20,21,25)/t15-,16-/m1/s1. The minimum Gasteiger partial charge on any atom is -0.315 e. The molecule has 1 aromatic heterocycles. The first-order chi connectivity index (χ1) is 12.1. The summed E-state index contributed by atoms with van der Waals surface area (Å²) in [6, 6.07) is 10.3. The van der Waals surface area contributed by atoms with E-state index in [0.717, 1.165) is 19.3 Å². The Labute approximate surface area is 145 Å². The molecule has 0 aliphatic carbocycles. The van der Waals surface area contributed by atoms with Gasteiger partial charge in [0.25, 0.3) is 5.56 Å². The van der Waals surface area contributed by atoms with E-state index >= 15 is 0 Å². The van der Waals surface area contributed by atoms with Crippen molar-refractivity contribution in [2.75, 3.05) is 5.32 Å². The first-order valence-electron chi connectivity index (χ1n) is 8.50. The number of nitrogens with one attached hydrogen (secondary N) is 1. The van der Waals surface area contributed by atoms with E-state index in [4.69, 9.17) is 0 Å². The maximum atomic E-state index is 12.7. The lowest BCUT2D eigenvalue weighted by Crippen LogP contribution is -2.46. The van der Waals surface area contributed by atoms with Gasteiger partial charge in [0.15, 0.2) is 0 Å². The molecule has 3 heterocycles. The van der Waals surface area contributed by atoms with Gasteiger partial charge in [-0.2, -0.15) is 0 Å². The molecule has 2 bridgehead atoms. The number of nitrogens with zero attached hydrogens (tertiary/aromatic N) is 3. The Morgan fingerprint density at radius 1 is 1.24 bits per heavy atom.